The standard InChI is InChI=1S/C60H39NO/c1-60(2)50-34-53(41-21-8-11-25-45(41)56(50)57-43-23-9-5-18-38(43)39-19-6-12-26-47(39)58(57)60)61(51-28-15-27-48-42-22-13-14-29-54(42)62-59(48)51)52-33-36-32-49-37-17-4-3-16-35(37)30-31-46(49)55(36)44-24-10-7-20-40(44)52/h3-31,33-34H,32H2,1-2H3. The van der Waals surface area contributed by atoms with Gasteiger partial charge >= 0.3 is 0 Å². The lowest BCUT2D eigenvalue weighted by Gasteiger charge is -2.31. The third-order valence-corrected chi connectivity index (χ3v) is 14.4. The number of hydrogen-bond donors (Lipinski definition) is 0. The van der Waals surface area contributed by atoms with Crippen LogP contribution in [0.1, 0.15) is 36.1 Å². The fraction of sp³-hybridized carbons (Fsp3) is 0.0667. The number of para-hydroxylation sites is 2. The number of nitrogens with zero attached hydrogens (tertiary/aromatic N) is 1. The molecule has 0 amide bonds. The number of furan rings is 1. The van der Waals surface area contributed by atoms with E-state index in [1.807, 2.05) is 0 Å². The van der Waals surface area contributed by atoms with E-state index in [9.17, 15) is 0 Å². The Hall–Kier alpha value is -7.68. The normalized spacial score (nSPS) is 13.7. The summed E-state index contributed by atoms with van der Waals surface area (Å²) in [7, 11) is 0. The molecular formula is C60H39NO. The largest absolute Gasteiger partial charge is 0.454 e. The van der Waals surface area contributed by atoms with Crippen molar-refractivity contribution in [1.82, 2.24) is 0 Å². The topological polar surface area (TPSA) is 16.4 Å². The van der Waals surface area contributed by atoms with Gasteiger partial charge in [0, 0.05) is 27.0 Å². The Morgan fingerprint density at radius 3 is 1.71 bits per heavy atom. The van der Waals surface area contributed by atoms with Crippen LogP contribution >= 0.6 is 0 Å². The minimum atomic E-state index is -0.299. The highest BCUT2D eigenvalue weighted by Gasteiger charge is 2.41. The summed E-state index contributed by atoms with van der Waals surface area (Å²) in [6, 6.07) is 69.9. The Labute approximate surface area is 358 Å². The minimum absolute atomic E-state index is 0.299. The second-order valence-electron chi connectivity index (χ2n) is 17.9. The van der Waals surface area contributed by atoms with Gasteiger partial charge in [0.1, 0.15) is 5.58 Å². The lowest BCUT2D eigenvalue weighted by molar-refractivity contribution is 0.666. The molecule has 0 atom stereocenters. The van der Waals surface area contributed by atoms with Crippen molar-refractivity contribution in [2.24, 2.45) is 0 Å². The Balaban J connectivity index is 1.12. The van der Waals surface area contributed by atoms with E-state index in [-0.39, 0.29) is 5.41 Å². The van der Waals surface area contributed by atoms with E-state index < -0.39 is 0 Å². The van der Waals surface area contributed by atoms with Crippen molar-refractivity contribution >= 4 is 92.9 Å². The summed E-state index contributed by atoms with van der Waals surface area (Å²) in [6.45, 7) is 4.88. The van der Waals surface area contributed by atoms with E-state index in [0.29, 0.717) is 0 Å². The van der Waals surface area contributed by atoms with Gasteiger partial charge in [0.2, 0.25) is 0 Å². The van der Waals surface area contributed by atoms with Crippen molar-refractivity contribution in [3.05, 3.63) is 210 Å². The molecule has 0 aliphatic heterocycles. The van der Waals surface area contributed by atoms with Crippen LogP contribution < -0.4 is 4.90 Å². The molecule has 0 spiro atoms. The molecule has 1 aromatic heterocycles. The average Bonchev–Trinajstić information content (AvgIpc) is 3.97. The molecule has 2 aliphatic carbocycles. The summed E-state index contributed by atoms with van der Waals surface area (Å²) >= 11 is 0. The lowest BCUT2D eigenvalue weighted by Crippen LogP contribution is -2.18. The first-order valence-corrected chi connectivity index (χ1v) is 21.8. The Kier molecular flexibility index (Phi) is 6.71. The molecule has 0 N–H and O–H groups in total. The molecule has 11 aromatic carbocycles. The predicted octanol–water partition coefficient (Wildman–Crippen LogP) is 16.7. The highest BCUT2D eigenvalue weighted by Crippen LogP contribution is 2.59. The van der Waals surface area contributed by atoms with Crippen molar-refractivity contribution < 1.29 is 4.42 Å². The molecule has 62 heavy (non-hydrogen) atoms. The van der Waals surface area contributed by atoms with Crippen LogP contribution in [0, 0.1) is 0 Å². The molecular weight excluding hydrogens is 751 g/mol. The quantitative estimate of drug-likeness (QED) is 0.166. The smallest absolute Gasteiger partial charge is 0.159 e. The molecule has 14 rings (SSSR count). The van der Waals surface area contributed by atoms with E-state index >= 15 is 0 Å². The van der Waals surface area contributed by atoms with E-state index in [1.54, 1.807) is 0 Å². The molecule has 290 valence electrons. The van der Waals surface area contributed by atoms with Crippen LogP contribution in [-0.4, -0.2) is 0 Å². The molecule has 1 heterocycles. The SMILES string of the molecule is CC1(C)c2cc(N(c3cc4c(c5ccccc35)-c3ccc5ccccc5c3C4)c3cccc4c3oc3ccccc34)c3ccccc3c2-c2c1c1ccccc1c1ccccc21. The first-order chi connectivity index (χ1) is 30.5. The highest BCUT2D eigenvalue weighted by atomic mass is 16.3. The summed E-state index contributed by atoms with van der Waals surface area (Å²) in [6.07, 6.45) is 0.875. The van der Waals surface area contributed by atoms with Crippen molar-refractivity contribution in [2.45, 2.75) is 25.7 Å². The second-order valence-corrected chi connectivity index (χ2v) is 17.9. The lowest BCUT2D eigenvalue weighted by atomic mass is 9.79. The van der Waals surface area contributed by atoms with E-state index in [0.717, 1.165) is 45.4 Å². The van der Waals surface area contributed by atoms with Gasteiger partial charge < -0.3 is 9.32 Å². The van der Waals surface area contributed by atoms with Crippen LogP contribution in [0.25, 0.3) is 98.1 Å². The average molecular weight is 790 g/mol. The van der Waals surface area contributed by atoms with Crippen molar-refractivity contribution in [3.63, 3.8) is 0 Å². The zero-order chi connectivity index (χ0) is 40.8. The Morgan fingerprint density at radius 2 is 0.968 bits per heavy atom. The van der Waals surface area contributed by atoms with Gasteiger partial charge in [-0.05, 0) is 118 Å². The van der Waals surface area contributed by atoms with Crippen LogP contribution in [0.15, 0.2) is 192 Å². The summed E-state index contributed by atoms with van der Waals surface area (Å²) in [4.78, 5) is 2.55. The third kappa shape index (κ3) is 4.38. The molecule has 0 bridgehead atoms. The van der Waals surface area contributed by atoms with Crippen LogP contribution in [0.5, 0.6) is 0 Å². The van der Waals surface area contributed by atoms with Crippen LogP contribution in [0.2, 0.25) is 0 Å². The molecule has 12 aromatic rings. The van der Waals surface area contributed by atoms with E-state index in [2.05, 4.69) is 207 Å². The van der Waals surface area contributed by atoms with Gasteiger partial charge in [-0.3, -0.25) is 0 Å². The monoisotopic (exact) mass is 789 g/mol. The molecule has 2 aliphatic rings. The number of benzene rings is 11. The van der Waals surface area contributed by atoms with E-state index in [4.69, 9.17) is 4.42 Å². The van der Waals surface area contributed by atoms with Crippen LogP contribution in [-0.2, 0) is 11.8 Å². The number of rotatable bonds is 3. The van der Waals surface area contributed by atoms with E-state index in [1.165, 1.54) is 98.4 Å². The Bertz CT molecular complexity index is 3940. The predicted molar refractivity (Wildman–Crippen MR) is 262 cm³/mol. The second kappa shape index (κ2) is 12.2. The molecule has 0 radical (unpaired) electrons. The van der Waals surface area contributed by atoms with Gasteiger partial charge in [-0.25, -0.2) is 0 Å². The maximum atomic E-state index is 6.96. The minimum Gasteiger partial charge on any atom is -0.454 e. The van der Waals surface area contributed by atoms with Crippen molar-refractivity contribution in [2.75, 3.05) is 4.90 Å². The third-order valence-electron chi connectivity index (χ3n) is 14.4. The van der Waals surface area contributed by atoms with Gasteiger partial charge in [-0.2, -0.15) is 0 Å². The highest BCUT2D eigenvalue weighted by molar-refractivity contribution is 6.23. The molecule has 2 heteroatoms. The Morgan fingerprint density at radius 1 is 0.419 bits per heavy atom. The zero-order valence-corrected chi connectivity index (χ0v) is 34.5. The summed E-state index contributed by atoms with van der Waals surface area (Å²) in [5, 5.41) is 15.1. The van der Waals surface area contributed by atoms with Gasteiger partial charge in [-0.1, -0.05) is 178 Å². The van der Waals surface area contributed by atoms with Crippen molar-refractivity contribution in [1.29, 1.82) is 0 Å². The summed E-state index contributed by atoms with van der Waals surface area (Å²) in [5.74, 6) is 0. The maximum absolute atomic E-state index is 6.96. The molecule has 0 saturated heterocycles. The van der Waals surface area contributed by atoms with Gasteiger partial charge in [0.15, 0.2) is 5.58 Å². The van der Waals surface area contributed by atoms with Crippen LogP contribution in [0.4, 0.5) is 17.1 Å². The fourth-order valence-corrected chi connectivity index (χ4v) is 11.8. The molecule has 0 unspecified atom stereocenters. The van der Waals surface area contributed by atoms with Crippen LogP contribution in [0.3, 0.4) is 0 Å². The number of anilines is 3. The number of hydrogen-bond acceptors (Lipinski definition) is 2. The fourth-order valence-electron chi connectivity index (χ4n) is 11.8. The molecule has 0 saturated carbocycles. The van der Waals surface area contributed by atoms with Crippen molar-refractivity contribution in [3.8, 4) is 22.3 Å². The molecule has 0 fully saturated rings. The number of fused-ring (bicyclic) bond motifs is 20. The zero-order valence-electron chi connectivity index (χ0n) is 34.5. The first kappa shape index (κ1) is 34.1. The maximum Gasteiger partial charge on any atom is 0.159 e. The summed E-state index contributed by atoms with van der Waals surface area (Å²) in [5.41, 5.74) is 15.7. The van der Waals surface area contributed by atoms with Gasteiger partial charge in [-0.15, -0.1) is 0 Å². The molecule has 2 nitrogen and oxygen atoms in total. The first-order valence-electron chi connectivity index (χ1n) is 21.8. The van der Waals surface area contributed by atoms with Gasteiger partial charge in [0.05, 0.1) is 17.1 Å². The van der Waals surface area contributed by atoms with Gasteiger partial charge in [0.25, 0.3) is 0 Å². The summed E-state index contributed by atoms with van der Waals surface area (Å²) < 4.78 is 6.96.